The normalized spacial score (nSPS) is 11.5. The van der Waals surface area contributed by atoms with Crippen LogP contribution in [0.25, 0.3) is 0 Å². The Balaban J connectivity index is 4.69. The second-order valence-corrected chi connectivity index (χ2v) is 7.76. The molecule has 0 saturated heterocycles. The highest BCUT2D eigenvalue weighted by Gasteiger charge is 2.24. The molecule has 0 heterocycles. The molecule has 2 heteroatoms. The molecule has 0 aliphatic carbocycles. The van der Waals surface area contributed by atoms with E-state index in [1.54, 1.807) is 0 Å². The first kappa shape index (κ1) is 13.1. The van der Waals surface area contributed by atoms with Gasteiger partial charge in [-0.3, -0.25) is 0 Å². The Morgan fingerprint density at radius 2 is 1.36 bits per heavy atom. The Hall–Kier alpha value is -0.863. The predicted octanol–water partition coefficient (Wildman–Crippen LogP) is 3.05. The van der Waals surface area contributed by atoms with Crippen LogP contribution in [0.3, 0.4) is 0 Å². The molecule has 1 nitrogen and oxygen atoms in total. The lowest BCUT2D eigenvalue weighted by molar-refractivity contribution is 1.25. The molecule has 0 amide bonds. The third-order valence-corrected chi connectivity index (χ3v) is 6.51. The van der Waals surface area contributed by atoms with Gasteiger partial charge in [0.2, 0.25) is 0 Å². The molecular formula is C12H21NSi. The first-order valence-corrected chi connectivity index (χ1v) is 7.65. The van der Waals surface area contributed by atoms with Gasteiger partial charge in [0.1, 0.15) is 0 Å². The van der Waals surface area contributed by atoms with E-state index in [1.165, 1.54) is 0 Å². The quantitative estimate of drug-likeness (QED) is 0.480. The van der Waals surface area contributed by atoms with Crippen molar-refractivity contribution in [2.24, 2.45) is 5.73 Å². The lowest BCUT2D eigenvalue weighted by Gasteiger charge is -2.24. The molecule has 0 unspecified atom stereocenters. The fraction of sp³-hybridized carbons (Fsp3) is 0.333. The standard InChI is InChI=1S/C12H21NSi/c1-4-9-14(10-5-2,11-6-3)12-7-8-13/h4-7,12H,1-3,8-11,13H2. The van der Waals surface area contributed by atoms with Gasteiger partial charge in [0.25, 0.3) is 0 Å². The highest BCUT2D eigenvalue weighted by atomic mass is 28.3. The van der Waals surface area contributed by atoms with Gasteiger partial charge in [-0.25, -0.2) is 0 Å². The van der Waals surface area contributed by atoms with Crippen LogP contribution in [0.1, 0.15) is 0 Å². The number of rotatable bonds is 8. The first-order chi connectivity index (χ1) is 6.74. The Bertz CT molecular complexity index is 192. The van der Waals surface area contributed by atoms with E-state index in [-0.39, 0.29) is 0 Å². The molecule has 0 rings (SSSR count). The van der Waals surface area contributed by atoms with Gasteiger partial charge in [0.05, 0.1) is 8.07 Å². The van der Waals surface area contributed by atoms with E-state index in [9.17, 15) is 0 Å². The maximum atomic E-state index is 5.48. The molecule has 0 spiro atoms. The summed E-state index contributed by atoms with van der Waals surface area (Å²) in [6.07, 6.45) is 8.06. The lowest BCUT2D eigenvalue weighted by atomic mass is 10.7. The average molecular weight is 207 g/mol. The molecule has 2 N–H and O–H groups in total. The van der Waals surface area contributed by atoms with Crippen LogP contribution in [-0.2, 0) is 0 Å². The van der Waals surface area contributed by atoms with E-state index < -0.39 is 8.07 Å². The summed E-state index contributed by atoms with van der Waals surface area (Å²) >= 11 is 0. The van der Waals surface area contributed by atoms with E-state index in [0.717, 1.165) is 18.1 Å². The van der Waals surface area contributed by atoms with Gasteiger partial charge in [0, 0.05) is 6.54 Å². The third kappa shape index (κ3) is 4.39. The maximum absolute atomic E-state index is 5.48. The third-order valence-electron chi connectivity index (χ3n) is 2.26. The summed E-state index contributed by atoms with van der Waals surface area (Å²) in [5.74, 6) is 0. The minimum Gasteiger partial charge on any atom is -0.327 e. The van der Waals surface area contributed by atoms with Crippen molar-refractivity contribution in [3.05, 3.63) is 49.7 Å². The summed E-state index contributed by atoms with van der Waals surface area (Å²) in [5.41, 5.74) is 7.79. The zero-order chi connectivity index (χ0) is 10.9. The van der Waals surface area contributed by atoms with E-state index in [2.05, 4.69) is 31.5 Å². The monoisotopic (exact) mass is 207 g/mol. The van der Waals surface area contributed by atoms with Crippen LogP contribution in [-0.4, -0.2) is 14.6 Å². The molecule has 0 fully saturated rings. The summed E-state index contributed by atoms with van der Waals surface area (Å²) in [4.78, 5) is 0. The van der Waals surface area contributed by atoms with Crippen molar-refractivity contribution in [1.29, 1.82) is 0 Å². The van der Waals surface area contributed by atoms with Crippen molar-refractivity contribution in [3.63, 3.8) is 0 Å². The molecule has 0 aromatic rings. The molecule has 14 heavy (non-hydrogen) atoms. The zero-order valence-corrected chi connectivity index (χ0v) is 9.91. The molecule has 0 atom stereocenters. The Kier molecular flexibility index (Phi) is 7.07. The van der Waals surface area contributed by atoms with Gasteiger partial charge in [0.15, 0.2) is 0 Å². The van der Waals surface area contributed by atoms with Gasteiger partial charge < -0.3 is 5.73 Å². The SMILES string of the molecule is C=CC[Si](C=CCN)(CC=C)CC=C. The largest absolute Gasteiger partial charge is 0.327 e. The van der Waals surface area contributed by atoms with Crippen molar-refractivity contribution in [2.45, 2.75) is 18.1 Å². The maximum Gasteiger partial charge on any atom is 0.0885 e. The molecule has 0 bridgehead atoms. The average Bonchev–Trinajstić information content (AvgIpc) is 2.16. The van der Waals surface area contributed by atoms with E-state index >= 15 is 0 Å². The van der Waals surface area contributed by atoms with E-state index in [1.807, 2.05) is 18.2 Å². The van der Waals surface area contributed by atoms with Crippen molar-refractivity contribution in [3.8, 4) is 0 Å². The second-order valence-electron chi connectivity index (χ2n) is 3.48. The minimum absolute atomic E-state index is 0.611. The summed E-state index contributed by atoms with van der Waals surface area (Å²) in [6.45, 7) is 12.1. The zero-order valence-electron chi connectivity index (χ0n) is 8.91. The van der Waals surface area contributed by atoms with Gasteiger partial charge in [-0.1, -0.05) is 30.0 Å². The summed E-state index contributed by atoms with van der Waals surface area (Å²) < 4.78 is 0. The fourth-order valence-electron chi connectivity index (χ4n) is 1.63. The number of hydrogen-bond donors (Lipinski definition) is 1. The van der Waals surface area contributed by atoms with Crippen molar-refractivity contribution >= 4 is 8.07 Å². The van der Waals surface area contributed by atoms with Crippen LogP contribution in [0.2, 0.25) is 18.1 Å². The molecule has 0 aromatic carbocycles. The number of allylic oxidation sites excluding steroid dienone is 3. The van der Waals surface area contributed by atoms with Crippen LogP contribution in [0.4, 0.5) is 0 Å². The smallest absolute Gasteiger partial charge is 0.0885 e. The highest BCUT2D eigenvalue weighted by Crippen LogP contribution is 2.24. The summed E-state index contributed by atoms with van der Waals surface area (Å²) in [6, 6.07) is 3.21. The van der Waals surface area contributed by atoms with E-state index in [4.69, 9.17) is 5.73 Å². The number of nitrogens with two attached hydrogens (primary N) is 1. The first-order valence-electron chi connectivity index (χ1n) is 4.95. The second kappa shape index (κ2) is 7.53. The van der Waals surface area contributed by atoms with Crippen molar-refractivity contribution in [1.82, 2.24) is 0 Å². The van der Waals surface area contributed by atoms with E-state index in [0.29, 0.717) is 6.54 Å². The van der Waals surface area contributed by atoms with Gasteiger partial charge >= 0.3 is 0 Å². The molecule has 0 saturated carbocycles. The van der Waals surface area contributed by atoms with Crippen molar-refractivity contribution < 1.29 is 0 Å². The summed E-state index contributed by atoms with van der Waals surface area (Å²) in [7, 11) is -1.43. The topological polar surface area (TPSA) is 26.0 Å². The summed E-state index contributed by atoms with van der Waals surface area (Å²) in [5, 5.41) is 0. The minimum atomic E-state index is -1.43. The molecular weight excluding hydrogens is 186 g/mol. The fourth-order valence-corrected chi connectivity index (χ4v) is 4.90. The van der Waals surface area contributed by atoms with Gasteiger partial charge in [-0.05, 0) is 18.1 Å². The van der Waals surface area contributed by atoms with Crippen LogP contribution in [0.15, 0.2) is 49.7 Å². The Morgan fingerprint density at radius 1 is 0.929 bits per heavy atom. The molecule has 0 aliphatic rings. The Morgan fingerprint density at radius 3 is 1.64 bits per heavy atom. The predicted molar refractivity (Wildman–Crippen MR) is 69.0 cm³/mol. The van der Waals surface area contributed by atoms with Crippen LogP contribution in [0.5, 0.6) is 0 Å². The van der Waals surface area contributed by atoms with Crippen LogP contribution < -0.4 is 5.73 Å². The molecule has 0 radical (unpaired) electrons. The van der Waals surface area contributed by atoms with Gasteiger partial charge in [-0.2, -0.15) is 0 Å². The highest BCUT2D eigenvalue weighted by molar-refractivity contribution is 6.85. The van der Waals surface area contributed by atoms with Crippen LogP contribution in [0, 0.1) is 0 Å². The lowest BCUT2D eigenvalue weighted by Crippen LogP contribution is -2.30. The molecule has 0 aromatic heterocycles. The van der Waals surface area contributed by atoms with Crippen molar-refractivity contribution in [2.75, 3.05) is 6.54 Å². The number of hydrogen-bond acceptors (Lipinski definition) is 1. The van der Waals surface area contributed by atoms with Gasteiger partial charge in [-0.15, -0.1) is 19.7 Å². The van der Waals surface area contributed by atoms with Crippen LogP contribution >= 0.6 is 0 Å². The molecule has 0 aliphatic heterocycles. The Labute approximate surface area is 88.7 Å². The molecule has 78 valence electrons.